The Bertz CT molecular complexity index is 504. The second-order valence-corrected chi connectivity index (χ2v) is 4.55. The van der Waals surface area contributed by atoms with Gasteiger partial charge in [-0.2, -0.15) is 0 Å². The van der Waals surface area contributed by atoms with E-state index in [0.29, 0.717) is 12.2 Å². The minimum atomic E-state index is -0.539. The van der Waals surface area contributed by atoms with E-state index in [4.69, 9.17) is 4.74 Å². The van der Waals surface area contributed by atoms with Gasteiger partial charge < -0.3 is 14.4 Å². The van der Waals surface area contributed by atoms with Crippen LogP contribution in [-0.2, 0) is 14.3 Å². The lowest BCUT2D eigenvalue weighted by atomic mass is 10.1. The lowest BCUT2D eigenvalue weighted by molar-refractivity contribution is -0.140. The molecule has 1 aromatic carbocycles. The number of carbonyl (C=O) groups excluding carboxylic acids is 2. The van der Waals surface area contributed by atoms with Gasteiger partial charge in [0.15, 0.2) is 0 Å². The monoisotopic (exact) mass is 297 g/mol. The molecule has 21 heavy (non-hydrogen) atoms. The Morgan fingerprint density at radius 3 is 2.57 bits per heavy atom. The molecule has 0 saturated heterocycles. The van der Waals surface area contributed by atoms with E-state index in [1.807, 2.05) is 0 Å². The third-order valence-electron chi connectivity index (χ3n) is 3.09. The number of hydrogen-bond acceptors (Lipinski definition) is 4. The Morgan fingerprint density at radius 2 is 1.95 bits per heavy atom. The highest BCUT2D eigenvalue weighted by Gasteiger charge is 2.20. The number of carbonyl (C=O) groups is 2. The summed E-state index contributed by atoms with van der Waals surface area (Å²) in [5, 5.41) is 0. The molecule has 0 aliphatic heterocycles. The van der Waals surface area contributed by atoms with Gasteiger partial charge in [0.2, 0.25) is 0 Å². The van der Waals surface area contributed by atoms with Gasteiger partial charge in [0.05, 0.1) is 25.7 Å². The molecule has 0 heterocycles. The minimum absolute atomic E-state index is 0.00373. The predicted octanol–water partition coefficient (Wildman–Crippen LogP) is 1.79. The summed E-state index contributed by atoms with van der Waals surface area (Å²) < 4.78 is 23.5. The smallest absolute Gasteiger partial charge is 0.307 e. The van der Waals surface area contributed by atoms with E-state index in [1.165, 1.54) is 25.2 Å². The maximum atomic E-state index is 14.0. The molecule has 1 amide bonds. The van der Waals surface area contributed by atoms with E-state index < -0.39 is 17.7 Å². The topological polar surface area (TPSA) is 55.8 Å². The van der Waals surface area contributed by atoms with Crippen LogP contribution in [0, 0.1) is 12.7 Å². The zero-order valence-corrected chi connectivity index (χ0v) is 12.5. The van der Waals surface area contributed by atoms with Crippen LogP contribution in [0.15, 0.2) is 18.2 Å². The van der Waals surface area contributed by atoms with E-state index in [0.717, 1.165) is 0 Å². The van der Waals surface area contributed by atoms with Crippen LogP contribution in [0.1, 0.15) is 22.3 Å². The molecule has 6 heteroatoms. The highest BCUT2D eigenvalue weighted by atomic mass is 19.1. The van der Waals surface area contributed by atoms with Crippen molar-refractivity contribution in [2.75, 3.05) is 33.9 Å². The first-order valence-corrected chi connectivity index (χ1v) is 6.61. The van der Waals surface area contributed by atoms with Gasteiger partial charge in [0.25, 0.3) is 5.91 Å². The molecule has 0 fully saturated rings. The normalized spacial score (nSPS) is 10.3. The maximum Gasteiger partial charge on any atom is 0.307 e. The van der Waals surface area contributed by atoms with Crippen LogP contribution in [0.3, 0.4) is 0 Å². The standard InChI is InChI=1S/C15H20FNO4/c1-11-5-4-6-12(14(11)16)15(19)17(9-10-20-2)8-7-13(18)21-3/h4-6H,7-10H2,1-3H3. The molecule has 0 spiro atoms. The lowest BCUT2D eigenvalue weighted by Crippen LogP contribution is -2.36. The van der Waals surface area contributed by atoms with Gasteiger partial charge in [0, 0.05) is 20.2 Å². The summed E-state index contributed by atoms with van der Waals surface area (Å²) in [4.78, 5) is 25.0. The number of methoxy groups -OCH3 is 2. The molecule has 1 aromatic rings. The largest absolute Gasteiger partial charge is 0.469 e. The van der Waals surface area contributed by atoms with Crippen molar-refractivity contribution in [3.8, 4) is 0 Å². The van der Waals surface area contributed by atoms with E-state index in [2.05, 4.69) is 4.74 Å². The molecule has 0 aliphatic carbocycles. The second-order valence-electron chi connectivity index (χ2n) is 4.55. The molecule has 0 unspecified atom stereocenters. The van der Waals surface area contributed by atoms with Crippen molar-refractivity contribution in [2.45, 2.75) is 13.3 Å². The third kappa shape index (κ3) is 4.82. The molecule has 0 bridgehead atoms. The summed E-state index contributed by atoms with van der Waals surface area (Å²) in [6, 6.07) is 4.66. The average molecular weight is 297 g/mol. The van der Waals surface area contributed by atoms with Crippen molar-refractivity contribution in [3.05, 3.63) is 35.1 Å². The molecule has 1 rings (SSSR count). The highest BCUT2D eigenvalue weighted by molar-refractivity contribution is 5.95. The van der Waals surface area contributed by atoms with Crippen LogP contribution in [0.25, 0.3) is 0 Å². The van der Waals surface area contributed by atoms with Gasteiger partial charge >= 0.3 is 5.97 Å². The third-order valence-corrected chi connectivity index (χ3v) is 3.09. The summed E-state index contributed by atoms with van der Waals surface area (Å²) in [6.45, 7) is 2.34. The molecule has 0 aliphatic rings. The number of benzene rings is 1. The highest BCUT2D eigenvalue weighted by Crippen LogP contribution is 2.14. The molecule has 0 aromatic heterocycles. The molecule has 0 atom stereocenters. The first-order valence-electron chi connectivity index (χ1n) is 6.61. The number of rotatable bonds is 7. The summed E-state index contributed by atoms with van der Waals surface area (Å²) in [6.07, 6.45) is 0.0549. The molecular formula is C15H20FNO4. The minimum Gasteiger partial charge on any atom is -0.469 e. The van der Waals surface area contributed by atoms with Crippen LogP contribution < -0.4 is 0 Å². The molecule has 5 nitrogen and oxygen atoms in total. The van der Waals surface area contributed by atoms with Gasteiger partial charge in [-0.15, -0.1) is 0 Å². The summed E-state index contributed by atoms with van der Waals surface area (Å²) in [5.41, 5.74) is 0.400. The van der Waals surface area contributed by atoms with Crippen LogP contribution >= 0.6 is 0 Å². The van der Waals surface area contributed by atoms with E-state index in [1.54, 1.807) is 19.1 Å². The molecular weight excluding hydrogens is 277 g/mol. The quantitative estimate of drug-likeness (QED) is 0.720. The van der Waals surface area contributed by atoms with Gasteiger partial charge in [-0.3, -0.25) is 9.59 Å². The zero-order valence-electron chi connectivity index (χ0n) is 12.5. The fourth-order valence-corrected chi connectivity index (χ4v) is 1.83. The number of ether oxygens (including phenoxy) is 2. The van der Waals surface area contributed by atoms with Crippen molar-refractivity contribution in [1.29, 1.82) is 0 Å². The van der Waals surface area contributed by atoms with E-state index in [-0.39, 0.29) is 25.1 Å². The number of aryl methyl sites for hydroxylation is 1. The fraction of sp³-hybridized carbons (Fsp3) is 0.467. The Balaban J connectivity index is 2.88. The van der Waals surface area contributed by atoms with E-state index >= 15 is 0 Å². The molecule has 0 N–H and O–H groups in total. The number of hydrogen-bond donors (Lipinski definition) is 0. The Kier molecular flexibility index (Phi) is 6.81. The Hall–Kier alpha value is -1.95. The first-order chi connectivity index (χ1) is 10.0. The number of esters is 1. The summed E-state index contributed by atoms with van der Waals surface area (Å²) in [5.74, 6) is -1.42. The number of nitrogens with zero attached hydrogens (tertiary/aromatic N) is 1. The van der Waals surface area contributed by atoms with Crippen LogP contribution in [0.4, 0.5) is 4.39 Å². The van der Waals surface area contributed by atoms with Crippen LogP contribution in [-0.4, -0.2) is 50.7 Å². The number of amides is 1. The maximum absolute atomic E-state index is 14.0. The predicted molar refractivity (Wildman–Crippen MR) is 75.5 cm³/mol. The second kappa shape index (κ2) is 8.36. The SMILES string of the molecule is COCCN(CCC(=O)OC)C(=O)c1cccc(C)c1F. The van der Waals surface area contributed by atoms with Crippen LogP contribution in [0.5, 0.6) is 0 Å². The molecule has 116 valence electrons. The van der Waals surface area contributed by atoms with Crippen molar-refractivity contribution < 1.29 is 23.5 Å². The Morgan fingerprint density at radius 1 is 1.24 bits per heavy atom. The summed E-state index contributed by atoms with van der Waals surface area (Å²) >= 11 is 0. The van der Waals surface area contributed by atoms with E-state index in [9.17, 15) is 14.0 Å². The average Bonchev–Trinajstić information content (AvgIpc) is 2.49. The van der Waals surface area contributed by atoms with Crippen molar-refractivity contribution >= 4 is 11.9 Å². The zero-order chi connectivity index (χ0) is 15.8. The van der Waals surface area contributed by atoms with Crippen LogP contribution in [0.2, 0.25) is 0 Å². The van der Waals surface area contributed by atoms with Crippen molar-refractivity contribution in [2.24, 2.45) is 0 Å². The lowest BCUT2D eigenvalue weighted by Gasteiger charge is -2.22. The van der Waals surface area contributed by atoms with Crippen molar-refractivity contribution in [1.82, 2.24) is 4.90 Å². The van der Waals surface area contributed by atoms with Gasteiger partial charge in [-0.05, 0) is 18.6 Å². The summed E-state index contributed by atoms with van der Waals surface area (Å²) in [7, 11) is 2.79. The Labute approximate surface area is 123 Å². The fourth-order valence-electron chi connectivity index (χ4n) is 1.83. The molecule has 0 saturated carbocycles. The first kappa shape index (κ1) is 17.1. The van der Waals surface area contributed by atoms with Gasteiger partial charge in [-0.25, -0.2) is 4.39 Å². The van der Waals surface area contributed by atoms with Crippen molar-refractivity contribution in [3.63, 3.8) is 0 Å². The number of halogens is 1. The van der Waals surface area contributed by atoms with Gasteiger partial charge in [0.1, 0.15) is 5.82 Å². The van der Waals surface area contributed by atoms with Gasteiger partial charge in [-0.1, -0.05) is 12.1 Å². The molecule has 0 radical (unpaired) electrons.